The van der Waals surface area contributed by atoms with Gasteiger partial charge in [0, 0.05) is 0 Å². The lowest BCUT2D eigenvalue weighted by Gasteiger charge is -2.45. The monoisotopic (exact) mass is 504 g/mol. The van der Waals surface area contributed by atoms with Gasteiger partial charge in [0.15, 0.2) is 18.9 Å². The van der Waals surface area contributed by atoms with Gasteiger partial charge in [-0.3, -0.25) is 0 Å². The zero-order chi connectivity index (χ0) is 25.3. The van der Waals surface area contributed by atoms with E-state index in [2.05, 4.69) is 0 Å². The molecule has 3 fully saturated rings. The van der Waals surface area contributed by atoms with Gasteiger partial charge in [0.05, 0.1) is 19.8 Å². The second-order valence-electron chi connectivity index (χ2n) is 8.37. The fourth-order valence-corrected chi connectivity index (χ4v) is 3.94. The molecule has 34 heavy (non-hydrogen) atoms. The molecule has 0 radical (unpaired) electrons. The van der Waals surface area contributed by atoms with Crippen LogP contribution in [0.5, 0.6) is 0 Å². The molecule has 3 aliphatic heterocycles. The SMILES string of the molecule is OC[C@@H]1O[C@H](OC[C@@H]2O[C@H](O[C@H]3[C@H](O)[C@@H](O)[C@H](CO)O[C@@H]3O)[C@@H](O)[C@H](O)[C@H]2O)[C@@H](O)[C@H](O)[C@H]1O. The lowest BCUT2D eigenvalue weighted by molar-refractivity contribution is -0.367. The normalized spacial score (nSPS) is 52.5. The van der Waals surface area contributed by atoms with Gasteiger partial charge in [0.2, 0.25) is 0 Å². The molecule has 11 N–H and O–H groups in total. The van der Waals surface area contributed by atoms with Crippen molar-refractivity contribution in [2.45, 2.75) is 92.1 Å². The average Bonchev–Trinajstić information content (AvgIpc) is 2.82. The van der Waals surface area contributed by atoms with Crippen LogP contribution in [-0.2, 0) is 23.7 Å². The third-order valence-corrected chi connectivity index (χ3v) is 6.08. The van der Waals surface area contributed by atoms with Crippen molar-refractivity contribution in [2.24, 2.45) is 0 Å². The average molecular weight is 504 g/mol. The lowest BCUT2D eigenvalue weighted by Crippen LogP contribution is -2.64. The first-order valence-corrected chi connectivity index (χ1v) is 10.6. The Morgan fingerprint density at radius 2 is 0.971 bits per heavy atom. The maximum absolute atomic E-state index is 10.2. The Morgan fingerprint density at radius 3 is 1.56 bits per heavy atom. The van der Waals surface area contributed by atoms with Crippen LogP contribution in [-0.4, -0.2) is 168 Å². The van der Waals surface area contributed by atoms with Gasteiger partial charge >= 0.3 is 0 Å². The Labute approximate surface area is 192 Å². The summed E-state index contributed by atoms with van der Waals surface area (Å²) in [5.41, 5.74) is 0. The Bertz CT molecular complexity index is 639. The molecule has 3 saturated heterocycles. The van der Waals surface area contributed by atoms with Crippen LogP contribution < -0.4 is 0 Å². The van der Waals surface area contributed by atoms with Gasteiger partial charge in [-0.05, 0) is 0 Å². The van der Waals surface area contributed by atoms with Crippen molar-refractivity contribution in [3.63, 3.8) is 0 Å². The molecule has 3 aliphatic rings. The van der Waals surface area contributed by atoms with Gasteiger partial charge < -0.3 is 79.9 Å². The zero-order valence-corrected chi connectivity index (χ0v) is 17.7. The van der Waals surface area contributed by atoms with E-state index in [0.29, 0.717) is 0 Å². The Kier molecular flexibility index (Phi) is 9.54. The molecular weight excluding hydrogens is 472 g/mol. The molecule has 0 amide bonds. The maximum Gasteiger partial charge on any atom is 0.187 e. The van der Waals surface area contributed by atoms with E-state index in [-0.39, 0.29) is 0 Å². The highest BCUT2D eigenvalue weighted by Crippen LogP contribution is 2.29. The van der Waals surface area contributed by atoms with Crippen molar-refractivity contribution >= 4 is 0 Å². The highest BCUT2D eigenvalue weighted by Gasteiger charge is 2.51. The second kappa shape index (κ2) is 11.6. The van der Waals surface area contributed by atoms with Gasteiger partial charge in [-0.25, -0.2) is 0 Å². The first-order valence-electron chi connectivity index (χ1n) is 10.6. The van der Waals surface area contributed by atoms with Crippen LogP contribution in [0.2, 0.25) is 0 Å². The van der Waals surface area contributed by atoms with E-state index < -0.39 is 112 Å². The summed E-state index contributed by atoms with van der Waals surface area (Å²) in [6, 6.07) is 0. The zero-order valence-electron chi connectivity index (χ0n) is 17.7. The number of aliphatic hydroxyl groups excluding tert-OH is 11. The van der Waals surface area contributed by atoms with Gasteiger partial charge in [0.25, 0.3) is 0 Å². The first-order chi connectivity index (χ1) is 16.0. The van der Waals surface area contributed by atoms with E-state index in [1.54, 1.807) is 0 Å². The minimum absolute atomic E-state index is 0.616. The van der Waals surface area contributed by atoms with Crippen molar-refractivity contribution < 1.29 is 79.9 Å². The summed E-state index contributed by atoms with van der Waals surface area (Å²) in [4.78, 5) is 0. The molecule has 200 valence electrons. The van der Waals surface area contributed by atoms with Crippen molar-refractivity contribution in [1.82, 2.24) is 0 Å². The van der Waals surface area contributed by atoms with Gasteiger partial charge in [-0.15, -0.1) is 0 Å². The fourth-order valence-electron chi connectivity index (χ4n) is 3.94. The number of rotatable bonds is 7. The van der Waals surface area contributed by atoms with Crippen LogP contribution >= 0.6 is 0 Å². The molecule has 0 spiro atoms. The quantitative estimate of drug-likeness (QED) is 0.154. The van der Waals surface area contributed by atoms with E-state index >= 15 is 0 Å². The van der Waals surface area contributed by atoms with Crippen LogP contribution in [0.25, 0.3) is 0 Å². The molecule has 0 unspecified atom stereocenters. The highest BCUT2D eigenvalue weighted by molar-refractivity contribution is 4.94. The maximum atomic E-state index is 10.2. The smallest absolute Gasteiger partial charge is 0.187 e. The minimum atomic E-state index is -1.88. The summed E-state index contributed by atoms with van der Waals surface area (Å²) >= 11 is 0. The molecule has 0 saturated carbocycles. The number of aliphatic hydroxyl groups is 11. The van der Waals surface area contributed by atoms with Crippen LogP contribution in [0.15, 0.2) is 0 Å². The topological polar surface area (TPSA) is 269 Å². The summed E-state index contributed by atoms with van der Waals surface area (Å²) < 4.78 is 26.1. The van der Waals surface area contributed by atoms with Gasteiger partial charge in [-0.2, -0.15) is 0 Å². The molecule has 0 aromatic carbocycles. The predicted octanol–water partition coefficient (Wildman–Crippen LogP) is -7.57. The van der Waals surface area contributed by atoms with Crippen molar-refractivity contribution in [3.05, 3.63) is 0 Å². The summed E-state index contributed by atoms with van der Waals surface area (Å²) in [6.45, 7) is -2.03. The second-order valence-corrected chi connectivity index (χ2v) is 8.37. The third-order valence-electron chi connectivity index (χ3n) is 6.08. The molecule has 16 nitrogen and oxygen atoms in total. The van der Waals surface area contributed by atoms with E-state index in [4.69, 9.17) is 28.8 Å². The molecule has 0 aromatic heterocycles. The van der Waals surface area contributed by atoms with Crippen molar-refractivity contribution in [2.75, 3.05) is 19.8 Å². The van der Waals surface area contributed by atoms with Crippen LogP contribution in [0, 0.1) is 0 Å². The molecule has 3 heterocycles. The van der Waals surface area contributed by atoms with Gasteiger partial charge in [-0.1, -0.05) is 0 Å². The predicted molar refractivity (Wildman–Crippen MR) is 101 cm³/mol. The van der Waals surface area contributed by atoms with E-state index in [1.165, 1.54) is 0 Å². The molecule has 3 rings (SSSR count). The Hall–Kier alpha value is -0.640. The number of hydrogen-bond donors (Lipinski definition) is 11. The Morgan fingerprint density at radius 1 is 0.500 bits per heavy atom. The molecule has 16 heteroatoms. The minimum Gasteiger partial charge on any atom is -0.394 e. The third kappa shape index (κ3) is 5.52. The summed E-state index contributed by atoms with van der Waals surface area (Å²) in [5, 5.41) is 109. The standard InChI is InChI=1S/C18H32O16/c19-1-4-8(22)12(26)15(16(29)31-4)34-18-14(28)11(25)9(23)6(33-18)3-30-17-13(27)10(24)7(21)5(2-20)32-17/h4-29H,1-3H2/t4-,5-,6-,7-,8-,9-,10+,11+,12+,13-,14-,15-,16-,17-,18+/m0/s1. The molecule has 15 atom stereocenters. The summed E-state index contributed by atoms with van der Waals surface area (Å²) in [5.74, 6) is 0. The highest BCUT2D eigenvalue weighted by atomic mass is 16.7. The van der Waals surface area contributed by atoms with E-state index in [1.807, 2.05) is 0 Å². The van der Waals surface area contributed by atoms with Crippen LogP contribution in [0.4, 0.5) is 0 Å². The van der Waals surface area contributed by atoms with Crippen molar-refractivity contribution in [1.29, 1.82) is 0 Å². The molecule has 0 aliphatic carbocycles. The molecule has 0 aromatic rings. The van der Waals surface area contributed by atoms with Crippen LogP contribution in [0.1, 0.15) is 0 Å². The van der Waals surface area contributed by atoms with Crippen LogP contribution in [0.3, 0.4) is 0 Å². The summed E-state index contributed by atoms with van der Waals surface area (Å²) in [7, 11) is 0. The summed E-state index contributed by atoms with van der Waals surface area (Å²) in [6.07, 6.45) is -25.0. The largest absolute Gasteiger partial charge is 0.394 e. The molecular formula is C18H32O16. The fraction of sp³-hybridized carbons (Fsp3) is 1.00. The van der Waals surface area contributed by atoms with Crippen molar-refractivity contribution in [3.8, 4) is 0 Å². The molecule has 0 bridgehead atoms. The Balaban J connectivity index is 1.64. The lowest BCUT2D eigenvalue weighted by atomic mass is 9.97. The van der Waals surface area contributed by atoms with E-state index in [0.717, 1.165) is 0 Å². The number of hydrogen-bond acceptors (Lipinski definition) is 16. The first kappa shape index (κ1) is 27.9. The number of ether oxygens (including phenoxy) is 5. The van der Waals surface area contributed by atoms with Gasteiger partial charge in [0.1, 0.15) is 73.2 Å². The van der Waals surface area contributed by atoms with E-state index in [9.17, 15) is 51.1 Å².